The number of nitrogens with zero attached hydrogens (tertiary/aromatic N) is 4. The lowest BCUT2D eigenvalue weighted by Crippen LogP contribution is -2.15. The molecule has 0 radical (unpaired) electrons. The van der Waals surface area contributed by atoms with Crippen molar-refractivity contribution < 1.29 is 14.6 Å². The van der Waals surface area contributed by atoms with Gasteiger partial charge < -0.3 is 9.84 Å². The van der Waals surface area contributed by atoms with Crippen LogP contribution in [0, 0.1) is 5.92 Å². The van der Waals surface area contributed by atoms with E-state index in [1.807, 2.05) is 6.92 Å². The first-order chi connectivity index (χ1) is 8.15. The Morgan fingerprint density at radius 1 is 1.59 bits per heavy atom. The summed E-state index contributed by atoms with van der Waals surface area (Å²) in [6.45, 7) is 5.36. The highest BCUT2D eigenvalue weighted by atomic mass is 16.5. The monoisotopic (exact) mass is 242 g/mol. The van der Waals surface area contributed by atoms with Gasteiger partial charge in [0.2, 0.25) is 0 Å². The van der Waals surface area contributed by atoms with Crippen LogP contribution in [-0.2, 0) is 22.5 Å². The zero-order valence-electron chi connectivity index (χ0n) is 10.2. The molecule has 1 aromatic rings. The summed E-state index contributed by atoms with van der Waals surface area (Å²) in [6.07, 6.45) is 1.16. The van der Waals surface area contributed by atoms with Crippen molar-refractivity contribution in [3.63, 3.8) is 0 Å². The second-order valence-electron chi connectivity index (χ2n) is 3.79. The number of tetrazole rings is 1. The highest BCUT2D eigenvalue weighted by molar-refractivity contribution is 5.69. The van der Waals surface area contributed by atoms with Gasteiger partial charge >= 0.3 is 5.97 Å². The lowest BCUT2D eigenvalue weighted by atomic mass is 10.1. The van der Waals surface area contributed by atoms with Gasteiger partial charge in [0.25, 0.3) is 0 Å². The van der Waals surface area contributed by atoms with Crippen molar-refractivity contribution in [2.45, 2.75) is 33.2 Å². The summed E-state index contributed by atoms with van der Waals surface area (Å²) in [7, 11) is 0. The van der Waals surface area contributed by atoms with Crippen LogP contribution < -0.4 is 0 Å². The van der Waals surface area contributed by atoms with E-state index in [0.29, 0.717) is 32.6 Å². The van der Waals surface area contributed by atoms with Gasteiger partial charge in [0.15, 0.2) is 5.82 Å². The number of aliphatic carboxylic acids is 1. The second-order valence-corrected chi connectivity index (χ2v) is 3.79. The lowest BCUT2D eigenvalue weighted by Gasteiger charge is -2.07. The molecule has 0 aliphatic heterocycles. The van der Waals surface area contributed by atoms with Gasteiger partial charge in [0, 0.05) is 19.6 Å². The van der Waals surface area contributed by atoms with Gasteiger partial charge in [-0.15, -0.1) is 5.10 Å². The maximum Gasteiger partial charge on any atom is 0.306 e. The Morgan fingerprint density at radius 2 is 2.35 bits per heavy atom. The molecule has 0 saturated heterocycles. The molecule has 1 aromatic heterocycles. The van der Waals surface area contributed by atoms with Crippen LogP contribution in [0.15, 0.2) is 0 Å². The average molecular weight is 242 g/mol. The quantitative estimate of drug-likeness (QED) is 0.662. The van der Waals surface area contributed by atoms with Crippen molar-refractivity contribution in [1.82, 2.24) is 20.2 Å². The summed E-state index contributed by atoms with van der Waals surface area (Å²) in [4.78, 5) is 10.7. The molecule has 0 aliphatic carbocycles. The van der Waals surface area contributed by atoms with E-state index in [1.165, 1.54) is 0 Å². The summed E-state index contributed by atoms with van der Waals surface area (Å²) >= 11 is 0. The van der Waals surface area contributed by atoms with E-state index in [9.17, 15) is 4.79 Å². The Hall–Kier alpha value is -1.50. The number of carboxylic acids is 1. The molecule has 1 N–H and O–H groups in total. The van der Waals surface area contributed by atoms with E-state index >= 15 is 0 Å². The third kappa shape index (κ3) is 4.48. The normalized spacial score (nSPS) is 12.6. The third-order valence-corrected chi connectivity index (χ3v) is 2.48. The molecule has 0 spiro atoms. The van der Waals surface area contributed by atoms with Gasteiger partial charge in [0.05, 0.1) is 12.5 Å². The molecule has 0 amide bonds. The minimum Gasteiger partial charge on any atom is -0.481 e. The van der Waals surface area contributed by atoms with Crippen LogP contribution in [0.3, 0.4) is 0 Å². The molecule has 0 bridgehead atoms. The minimum absolute atomic E-state index is 0.390. The SMILES string of the molecule is CCOCCc1nnnn1CCC(C)C(=O)O. The van der Waals surface area contributed by atoms with Crippen molar-refractivity contribution >= 4 is 5.97 Å². The van der Waals surface area contributed by atoms with Gasteiger partial charge in [-0.25, -0.2) is 4.68 Å². The summed E-state index contributed by atoms with van der Waals surface area (Å²) < 4.78 is 6.86. The number of hydrogen-bond acceptors (Lipinski definition) is 5. The fourth-order valence-corrected chi connectivity index (χ4v) is 1.32. The Balaban J connectivity index is 2.42. The first-order valence-corrected chi connectivity index (χ1v) is 5.70. The number of carboxylic acid groups (broad SMARTS) is 1. The molecule has 17 heavy (non-hydrogen) atoms. The van der Waals surface area contributed by atoms with Crippen LogP contribution in [0.1, 0.15) is 26.1 Å². The fourth-order valence-electron chi connectivity index (χ4n) is 1.32. The molecule has 96 valence electrons. The molecule has 1 atom stereocenters. The highest BCUT2D eigenvalue weighted by Crippen LogP contribution is 2.05. The molecule has 1 heterocycles. The molecule has 7 heteroatoms. The Bertz CT molecular complexity index is 353. The largest absolute Gasteiger partial charge is 0.481 e. The van der Waals surface area contributed by atoms with Gasteiger partial charge in [-0.3, -0.25) is 4.79 Å². The first kappa shape index (κ1) is 13.6. The molecule has 0 aromatic carbocycles. The fraction of sp³-hybridized carbons (Fsp3) is 0.800. The van der Waals surface area contributed by atoms with Gasteiger partial charge in [-0.1, -0.05) is 6.92 Å². The Kier molecular flexibility index (Phi) is 5.55. The number of hydrogen-bond donors (Lipinski definition) is 1. The van der Waals surface area contributed by atoms with Crippen LogP contribution in [0.2, 0.25) is 0 Å². The van der Waals surface area contributed by atoms with Crippen molar-refractivity contribution in [3.05, 3.63) is 5.82 Å². The molecule has 1 rings (SSSR count). The zero-order valence-corrected chi connectivity index (χ0v) is 10.2. The standard InChI is InChI=1S/C10H18N4O3/c1-3-17-7-5-9-11-12-13-14(9)6-4-8(2)10(15)16/h8H,3-7H2,1-2H3,(H,15,16). The van der Waals surface area contributed by atoms with Gasteiger partial charge in [-0.05, 0) is 23.8 Å². The molecule has 0 fully saturated rings. The summed E-state index contributed by atoms with van der Waals surface area (Å²) in [5, 5.41) is 20.1. The predicted octanol–water partition coefficient (Wildman–Crippen LogP) is 0.363. The van der Waals surface area contributed by atoms with Crippen molar-refractivity contribution in [2.75, 3.05) is 13.2 Å². The van der Waals surface area contributed by atoms with E-state index in [-0.39, 0.29) is 5.92 Å². The summed E-state index contributed by atoms with van der Waals surface area (Å²) in [5.74, 6) is -0.455. The zero-order chi connectivity index (χ0) is 12.7. The summed E-state index contributed by atoms with van der Waals surface area (Å²) in [6, 6.07) is 0. The van der Waals surface area contributed by atoms with Crippen molar-refractivity contribution in [2.24, 2.45) is 5.92 Å². The van der Waals surface area contributed by atoms with E-state index in [1.54, 1.807) is 11.6 Å². The summed E-state index contributed by atoms with van der Waals surface area (Å²) in [5.41, 5.74) is 0. The van der Waals surface area contributed by atoms with Crippen LogP contribution in [0.4, 0.5) is 0 Å². The Morgan fingerprint density at radius 3 is 3.00 bits per heavy atom. The van der Waals surface area contributed by atoms with Gasteiger partial charge in [0.1, 0.15) is 0 Å². The van der Waals surface area contributed by atoms with E-state index in [4.69, 9.17) is 9.84 Å². The van der Waals surface area contributed by atoms with Crippen LogP contribution in [0.25, 0.3) is 0 Å². The van der Waals surface area contributed by atoms with Crippen molar-refractivity contribution in [1.29, 1.82) is 0 Å². The van der Waals surface area contributed by atoms with Gasteiger partial charge in [-0.2, -0.15) is 0 Å². The van der Waals surface area contributed by atoms with E-state index in [2.05, 4.69) is 15.5 Å². The molecule has 0 aliphatic rings. The van der Waals surface area contributed by atoms with E-state index < -0.39 is 5.97 Å². The first-order valence-electron chi connectivity index (χ1n) is 5.70. The number of carbonyl (C=O) groups is 1. The predicted molar refractivity (Wildman–Crippen MR) is 59.4 cm³/mol. The second kappa shape index (κ2) is 6.95. The molecular formula is C10H18N4O3. The third-order valence-electron chi connectivity index (χ3n) is 2.48. The maximum absolute atomic E-state index is 10.7. The molecule has 7 nitrogen and oxygen atoms in total. The maximum atomic E-state index is 10.7. The van der Waals surface area contributed by atoms with E-state index in [0.717, 1.165) is 5.82 Å². The van der Waals surface area contributed by atoms with Crippen molar-refractivity contribution in [3.8, 4) is 0 Å². The number of rotatable bonds is 8. The van der Waals surface area contributed by atoms with Crippen LogP contribution in [0.5, 0.6) is 0 Å². The average Bonchev–Trinajstić information content (AvgIpc) is 2.74. The molecular weight excluding hydrogens is 224 g/mol. The Labute approximate surface area is 99.8 Å². The lowest BCUT2D eigenvalue weighted by molar-refractivity contribution is -0.141. The smallest absolute Gasteiger partial charge is 0.306 e. The number of ether oxygens (including phenoxy) is 1. The topological polar surface area (TPSA) is 90.1 Å². The van der Waals surface area contributed by atoms with Crippen LogP contribution in [-0.4, -0.2) is 44.5 Å². The number of aryl methyl sites for hydroxylation is 1. The minimum atomic E-state index is -0.797. The highest BCUT2D eigenvalue weighted by Gasteiger charge is 2.12. The number of aromatic nitrogens is 4. The molecule has 1 unspecified atom stereocenters. The molecule has 0 saturated carbocycles. The van der Waals surface area contributed by atoms with Crippen LogP contribution >= 0.6 is 0 Å².